The van der Waals surface area contributed by atoms with Crippen molar-refractivity contribution in [2.45, 2.75) is 18.2 Å². The Balaban J connectivity index is 2.28. The summed E-state index contributed by atoms with van der Waals surface area (Å²) < 4.78 is 5.94. The number of benzene rings is 1. The Kier molecular flexibility index (Phi) is 4.93. The molecule has 1 aromatic carbocycles. The second kappa shape index (κ2) is 6.48. The molecule has 5 heteroatoms. The molecule has 100 valence electrons. The minimum atomic E-state index is -0.344. The van der Waals surface area contributed by atoms with Gasteiger partial charge in [-0.15, -0.1) is 0 Å². The Morgan fingerprint density at radius 1 is 1.47 bits per heavy atom. The summed E-state index contributed by atoms with van der Waals surface area (Å²) >= 11 is 6.78. The first kappa shape index (κ1) is 14.5. The van der Waals surface area contributed by atoms with Gasteiger partial charge in [-0.05, 0) is 40.9 Å². The Morgan fingerprint density at radius 3 is 3.00 bits per heavy atom. The van der Waals surface area contributed by atoms with Crippen LogP contribution < -0.4 is 0 Å². The molecule has 0 fully saturated rings. The number of alkyl halides is 1. The molecule has 0 N–H and O–H groups in total. The lowest BCUT2D eigenvalue weighted by molar-refractivity contribution is -0.142. The summed E-state index contributed by atoms with van der Waals surface area (Å²) in [6.45, 7) is 2.19. The summed E-state index contributed by atoms with van der Waals surface area (Å²) in [7, 11) is 0. The third-order valence-corrected chi connectivity index (χ3v) is 3.83. The van der Waals surface area contributed by atoms with Crippen LogP contribution in [0, 0.1) is 0 Å². The smallest absolute Gasteiger partial charge is 0.320 e. The van der Waals surface area contributed by atoms with E-state index in [2.05, 4.69) is 36.8 Å². The van der Waals surface area contributed by atoms with Crippen LogP contribution in [-0.4, -0.2) is 22.4 Å². The maximum Gasteiger partial charge on any atom is 0.320 e. The Morgan fingerprint density at radius 2 is 2.26 bits per heavy atom. The van der Waals surface area contributed by atoms with Gasteiger partial charge in [0.2, 0.25) is 0 Å². The van der Waals surface area contributed by atoms with Crippen LogP contribution in [0.5, 0.6) is 0 Å². The number of pyridine rings is 1. The van der Waals surface area contributed by atoms with Gasteiger partial charge in [-0.3, -0.25) is 9.78 Å². The number of halogens is 2. The zero-order valence-electron chi connectivity index (χ0n) is 10.4. The fourth-order valence-corrected chi connectivity index (χ4v) is 2.70. The van der Waals surface area contributed by atoms with Crippen molar-refractivity contribution in [3.8, 4) is 0 Å². The van der Waals surface area contributed by atoms with Crippen molar-refractivity contribution in [1.82, 2.24) is 4.98 Å². The molecular formula is C14H13Br2NO2. The zero-order chi connectivity index (χ0) is 13.8. The van der Waals surface area contributed by atoms with E-state index in [0.29, 0.717) is 13.0 Å². The van der Waals surface area contributed by atoms with Gasteiger partial charge >= 0.3 is 5.97 Å². The van der Waals surface area contributed by atoms with Gasteiger partial charge in [0.15, 0.2) is 0 Å². The van der Waals surface area contributed by atoms with Crippen molar-refractivity contribution in [2.24, 2.45) is 0 Å². The molecule has 0 aliphatic carbocycles. The monoisotopic (exact) mass is 385 g/mol. The number of hydrogen-bond donors (Lipinski definition) is 0. The lowest BCUT2D eigenvalue weighted by Gasteiger charge is -2.10. The molecule has 1 heterocycles. The standard InChI is InChI=1S/C14H13Br2NO2/c1-2-19-14(18)12(16)7-10-5-3-4-9-6-11(15)8-17-13(9)10/h3-6,8,12H,2,7H2,1H3. The fraction of sp³-hybridized carbons (Fsp3) is 0.286. The lowest BCUT2D eigenvalue weighted by atomic mass is 10.1. The second-order valence-corrected chi connectivity index (χ2v) is 6.09. The predicted molar refractivity (Wildman–Crippen MR) is 82.5 cm³/mol. The van der Waals surface area contributed by atoms with Crippen molar-refractivity contribution < 1.29 is 9.53 Å². The van der Waals surface area contributed by atoms with Gasteiger partial charge in [-0.1, -0.05) is 34.1 Å². The first-order chi connectivity index (χ1) is 9.11. The normalized spacial score (nSPS) is 12.4. The SMILES string of the molecule is CCOC(=O)C(Br)Cc1cccc2cc(Br)cnc12. The van der Waals surface area contributed by atoms with Crippen LogP contribution >= 0.6 is 31.9 Å². The minimum absolute atomic E-state index is 0.239. The number of ether oxygens (including phenoxy) is 1. The van der Waals surface area contributed by atoms with E-state index >= 15 is 0 Å². The predicted octanol–water partition coefficient (Wildman–Crippen LogP) is 3.87. The summed E-state index contributed by atoms with van der Waals surface area (Å²) in [4.78, 5) is 15.7. The highest BCUT2D eigenvalue weighted by Gasteiger charge is 2.18. The first-order valence-electron chi connectivity index (χ1n) is 5.95. The molecule has 0 spiro atoms. The maximum atomic E-state index is 11.6. The largest absolute Gasteiger partial charge is 0.465 e. The average Bonchev–Trinajstić information content (AvgIpc) is 2.38. The van der Waals surface area contributed by atoms with E-state index in [0.717, 1.165) is 20.9 Å². The highest BCUT2D eigenvalue weighted by atomic mass is 79.9. The maximum absolute atomic E-state index is 11.6. The lowest BCUT2D eigenvalue weighted by Crippen LogP contribution is -2.19. The van der Waals surface area contributed by atoms with Gasteiger partial charge in [0.25, 0.3) is 0 Å². The zero-order valence-corrected chi connectivity index (χ0v) is 13.6. The van der Waals surface area contributed by atoms with Gasteiger partial charge in [0.05, 0.1) is 12.1 Å². The van der Waals surface area contributed by atoms with Crippen LogP contribution in [0.4, 0.5) is 0 Å². The van der Waals surface area contributed by atoms with E-state index in [1.807, 2.05) is 24.3 Å². The quantitative estimate of drug-likeness (QED) is 0.591. The molecule has 2 aromatic rings. The van der Waals surface area contributed by atoms with Crippen LogP contribution in [0.25, 0.3) is 10.9 Å². The fourth-order valence-electron chi connectivity index (χ4n) is 1.87. The number of esters is 1. The summed E-state index contributed by atoms with van der Waals surface area (Å²) in [5.41, 5.74) is 1.94. The van der Waals surface area contributed by atoms with Crippen LogP contribution in [0.1, 0.15) is 12.5 Å². The van der Waals surface area contributed by atoms with Crippen molar-refractivity contribution in [3.05, 3.63) is 40.5 Å². The van der Waals surface area contributed by atoms with Gasteiger partial charge in [0, 0.05) is 16.1 Å². The van der Waals surface area contributed by atoms with E-state index < -0.39 is 0 Å². The molecule has 19 heavy (non-hydrogen) atoms. The molecule has 2 rings (SSSR count). The topological polar surface area (TPSA) is 39.2 Å². The first-order valence-corrected chi connectivity index (χ1v) is 7.66. The van der Waals surface area contributed by atoms with Gasteiger partial charge in [-0.25, -0.2) is 0 Å². The molecule has 0 amide bonds. The Labute approximate surface area is 128 Å². The summed E-state index contributed by atoms with van der Waals surface area (Å²) in [5, 5.41) is 1.05. The second-order valence-electron chi connectivity index (χ2n) is 4.07. The summed E-state index contributed by atoms with van der Waals surface area (Å²) in [6, 6.07) is 7.97. The Bertz CT molecular complexity index is 601. The molecule has 1 unspecified atom stereocenters. The molecular weight excluding hydrogens is 374 g/mol. The molecule has 0 aliphatic heterocycles. The van der Waals surface area contributed by atoms with E-state index in [1.54, 1.807) is 13.1 Å². The third-order valence-electron chi connectivity index (χ3n) is 2.70. The number of carbonyl (C=O) groups is 1. The molecule has 1 atom stereocenters. The van der Waals surface area contributed by atoms with Crippen LogP contribution in [0.15, 0.2) is 34.9 Å². The summed E-state index contributed by atoms with van der Waals surface area (Å²) in [5.74, 6) is -0.239. The van der Waals surface area contributed by atoms with Crippen molar-refractivity contribution in [2.75, 3.05) is 6.61 Å². The van der Waals surface area contributed by atoms with Gasteiger partial charge < -0.3 is 4.74 Å². The van der Waals surface area contributed by atoms with Gasteiger partial charge in [-0.2, -0.15) is 0 Å². The number of para-hydroxylation sites is 1. The molecule has 0 saturated heterocycles. The number of carbonyl (C=O) groups excluding carboxylic acids is 1. The molecule has 0 radical (unpaired) electrons. The molecule has 0 aliphatic rings. The molecule has 3 nitrogen and oxygen atoms in total. The van der Waals surface area contributed by atoms with Crippen molar-refractivity contribution >= 4 is 48.7 Å². The number of hydrogen-bond acceptors (Lipinski definition) is 3. The van der Waals surface area contributed by atoms with Crippen LogP contribution in [-0.2, 0) is 16.0 Å². The number of aromatic nitrogens is 1. The Hall–Kier alpha value is -0.940. The highest BCUT2D eigenvalue weighted by Crippen LogP contribution is 2.23. The number of rotatable bonds is 4. The molecule has 0 saturated carbocycles. The van der Waals surface area contributed by atoms with E-state index in [4.69, 9.17) is 4.74 Å². The van der Waals surface area contributed by atoms with Crippen LogP contribution in [0.2, 0.25) is 0 Å². The average molecular weight is 387 g/mol. The van der Waals surface area contributed by atoms with E-state index in [-0.39, 0.29) is 10.8 Å². The third kappa shape index (κ3) is 3.54. The van der Waals surface area contributed by atoms with Crippen molar-refractivity contribution in [3.63, 3.8) is 0 Å². The summed E-state index contributed by atoms with van der Waals surface area (Å²) in [6.07, 6.45) is 2.32. The highest BCUT2D eigenvalue weighted by molar-refractivity contribution is 9.10. The van der Waals surface area contributed by atoms with E-state index in [9.17, 15) is 4.79 Å². The minimum Gasteiger partial charge on any atom is -0.465 e. The van der Waals surface area contributed by atoms with Crippen molar-refractivity contribution in [1.29, 1.82) is 0 Å². The number of nitrogens with zero attached hydrogens (tertiary/aromatic N) is 1. The number of fused-ring (bicyclic) bond motifs is 1. The molecule has 1 aromatic heterocycles. The van der Waals surface area contributed by atoms with E-state index in [1.165, 1.54) is 0 Å². The van der Waals surface area contributed by atoms with Gasteiger partial charge in [0.1, 0.15) is 4.83 Å². The molecule has 0 bridgehead atoms. The van der Waals surface area contributed by atoms with Crippen LogP contribution in [0.3, 0.4) is 0 Å².